The number of hydrogen-bond acceptors (Lipinski definition) is 6. The van der Waals surface area contributed by atoms with E-state index in [9.17, 15) is 10.1 Å². The van der Waals surface area contributed by atoms with E-state index in [2.05, 4.69) is 6.07 Å². The van der Waals surface area contributed by atoms with Gasteiger partial charge in [0.05, 0.1) is 16.3 Å². The lowest BCUT2D eigenvalue weighted by atomic mass is 10.0. The van der Waals surface area contributed by atoms with Gasteiger partial charge >= 0.3 is 5.69 Å². The lowest BCUT2D eigenvalue weighted by Gasteiger charge is -2.32. The van der Waals surface area contributed by atoms with E-state index in [1.165, 1.54) is 0 Å². The molecule has 1 aromatic heterocycles. The Hall–Kier alpha value is -4.47. The molecule has 1 aliphatic heterocycles. The summed E-state index contributed by atoms with van der Waals surface area (Å²) in [6.45, 7) is 7.70. The molecule has 0 saturated carbocycles. The Bertz CT molecular complexity index is 1600. The Morgan fingerprint density at radius 1 is 1.13 bits per heavy atom. The second-order valence-electron chi connectivity index (χ2n) is 10.4. The van der Waals surface area contributed by atoms with Crippen molar-refractivity contribution < 1.29 is 9.66 Å². The van der Waals surface area contributed by atoms with Crippen LogP contribution in [0.5, 0.6) is 5.75 Å². The van der Waals surface area contributed by atoms with Crippen molar-refractivity contribution >= 4 is 39.2 Å². The van der Waals surface area contributed by atoms with Gasteiger partial charge in [0.15, 0.2) is 11.3 Å². The highest BCUT2D eigenvalue weighted by Crippen LogP contribution is 2.38. The average molecular weight is 528 g/mol. The molecule has 10 heteroatoms. The van der Waals surface area contributed by atoms with Gasteiger partial charge in [-0.15, -0.1) is 0 Å². The van der Waals surface area contributed by atoms with Crippen LogP contribution in [-0.4, -0.2) is 50.2 Å². The molecule has 39 heavy (non-hydrogen) atoms. The fraction of sp³-hybridized carbons (Fsp3) is 0.345. The number of nitro groups is 1. The Morgan fingerprint density at radius 2 is 1.85 bits per heavy atom. The molecule has 0 bridgehead atoms. The van der Waals surface area contributed by atoms with Crippen LogP contribution in [0.15, 0.2) is 48.5 Å². The third kappa shape index (κ3) is 5.14. The summed E-state index contributed by atoms with van der Waals surface area (Å²) in [5.41, 5.74) is 8.27. The number of rotatable bonds is 7. The van der Waals surface area contributed by atoms with Gasteiger partial charge in [0.2, 0.25) is 0 Å². The highest BCUT2D eigenvalue weighted by molar-refractivity contribution is 5.99. The number of nitrogens with one attached hydrogen (secondary N) is 2. The number of likely N-dealkylation sites (tertiary alicyclic amines) is 1. The van der Waals surface area contributed by atoms with Gasteiger partial charge in [0.25, 0.3) is 0 Å². The number of nitrogens with zero attached hydrogens (tertiary/aromatic N) is 4. The number of nitro benzene ring substituents is 1. The molecule has 0 spiro atoms. The lowest BCUT2D eigenvalue weighted by Crippen LogP contribution is -2.40. The van der Waals surface area contributed by atoms with Crippen molar-refractivity contribution in [3.63, 3.8) is 0 Å². The summed E-state index contributed by atoms with van der Waals surface area (Å²) >= 11 is 0. The first-order valence-electron chi connectivity index (χ1n) is 13.1. The van der Waals surface area contributed by atoms with Crippen LogP contribution in [0.1, 0.15) is 56.5 Å². The van der Waals surface area contributed by atoms with Gasteiger partial charge in [-0.3, -0.25) is 20.9 Å². The van der Waals surface area contributed by atoms with Gasteiger partial charge in [0.1, 0.15) is 17.8 Å². The third-order valence-corrected chi connectivity index (χ3v) is 7.35. The van der Waals surface area contributed by atoms with E-state index in [1.54, 1.807) is 13.0 Å². The second-order valence-corrected chi connectivity index (χ2v) is 10.4. The van der Waals surface area contributed by atoms with Crippen molar-refractivity contribution in [3.8, 4) is 5.75 Å². The number of piperidine rings is 1. The molecule has 0 radical (unpaired) electrons. The highest BCUT2D eigenvalue weighted by atomic mass is 16.6. The third-order valence-electron chi connectivity index (χ3n) is 7.35. The minimum absolute atomic E-state index is 0.0192. The molecule has 3 aromatic carbocycles. The predicted molar refractivity (Wildman–Crippen MR) is 153 cm³/mol. The van der Waals surface area contributed by atoms with Crippen molar-refractivity contribution in [1.82, 2.24) is 14.5 Å². The molecule has 0 amide bonds. The molecule has 0 unspecified atom stereocenters. The molecule has 0 aliphatic carbocycles. The number of aromatic nitrogens is 2. The zero-order chi connectivity index (χ0) is 27.8. The van der Waals surface area contributed by atoms with Crippen molar-refractivity contribution in [2.45, 2.75) is 52.2 Å². The molecule has 1 aliphatic rings. The van der Waals surface area contributed by atoms with Crippen LogP contribution in [0.3, 0.4) is 0 Å². The summed E-state index contributed by atoms with van der Waals surface area (Å²) < 4.78 is 8.21. The number of imidazole rings is 1. The van der Waals surface area contributed by atoms with Crippen LogP contribution in [0.2, 0.25) is 0 Å². The van der Waals surface area contributed by atoms with E-state index in [0.717, 1.165) is 22.2 Å². The molecular formula is C29H33N7O3. The van der Waals surface area contributed by atoms with Crippen LogP contribution < -0.4 is 10.5 Å². The van der Waals surface area contributed by atoms with Gasteiger partial charge in [-0.2, -0.15) is 0 Å². The molecule has 1 saturated heterocycles. The fourth-order valence-electron chi connectivity index (χ4n) is 5.29. The first kappa shape index (κ1) is 26.1. The molecule has 4 N–H and O–H groups in total. The Kier molecular flexibility index (Phi) is 6.94. The zero-order valence-corrected chi connectivity index (χ0v) is 22.4. The summed E-state index contributed by atoms with van der Waals surface area (Å²) in [5.74, 6) is 1.58. The van der Waals surface area contributed by atoms with Gasteiger partial charge in [-0.1, -0.05) is 38.1 Å². The van der Waals surface area contributed by atoms with Gasteiger partial charge in [0, 0.05) is 44.0 Å². The summed E-state index contributed by atoms with van der Waals surface area (Å²) in [5, 5.41) is 29.9. The number of hydrogen-bond donors (Lipinski definition) is 3. The van der Waals surface area contributed by atoms with Crippen molar-refractivity contribution in [2.75, 3.05) is 13.1 Å². The largest absolute Gasteiger partial charge is 0.483 e. The molecule has 2 heterocycles. The topological polar surface area (TPSA) is 147 Å². The highest BCUT2D eigenvalue weighted by Gasteiger charge is 2.29. The van der Waals surface area contributed by atoms with Crippen LogP contribution in [0.4, 0.5) is 5.69 Å². The maximum atomic E-state index is 12.3. The van der Waals surface area contributed by atoms with E-state index in [-0.39, 0.29) is 29.3 Å². The number of nitrogens with two attached hydrogens (primary N) is 1. The normalized spacial score (nSPS) is 14.3. The van der Waals surface area contributed by atoms with Crippen LogP contribution in [-0.2, 0) is 6.54 Å². The number of benzene rings is 3. The Balaban J connectivity index is 1.52. The predicted octanol–water partition coefficient (Wildman–Crippen LogP) is 5.39. The van der Waals surface area contributed by atoms with E-state index >= 15 is 0 Å². The van der Waals surface area contributed by atoms with Crippen LogP contribution in [0, 0.1) is 20.9 Å². The molecule has 202 valence electrons. The van der Waals surface area contributed by atoms with Gasteiger partial charge < -0.3 is 19.9 Å². The minimum atomic E-state index is -0.394. The number of fused-ring (bicyclic) bond motifs is 2. The van der Waals surface area contributed by atoms with E-state index in [4.69, 9.17) is 26.3 Å². The summed E-state index contributed by atoms with van der Waals surface area (Å²) in [6.07, 6.45) is 1.25. The summed E-state index contributed by atoms with van der Waals surface area (Å²) in [4.78, 5) is 18.7. The smallest absolute Gasteiger partial charge is 0.338 e. The summed E-state index contributed by atoms with van der Waals surface area (Å²) in [6, 6.07) is 15.4. The maximum Gasteiger partial charge on any atom is 0.338 e. The molecule has 4 aromatic rings. The first-order valence-corrected chi connectivity index (χ1v) is 13.1. The second kappa shape index (κ2) is 10.4. The maximum absolute atomic E-state index is 12.3. The van der Waals surface area contributed by atoms with E-state index < -0.39 is 4.92 Å². The van der Waals surface area contributed by atoms with Crippen molar-refractivity contribution in [1.29, 1.82) is 10.8 Å². The minimum Gasteiger partial charge on any atom is -0.483 e. The zero-order valence-electron chi connectivity index (χ0n) is 22.4. The quantitative estimate of drug-likeness (QED) is 0.127. The number of amidine groups is 2. The number of nitrogen functional groups attached to an aromatic ring is 1. The average Bonchev–Trinajstić information content (AvgIpc) is 3.26. The first-order chi connectivity index (χ1) is 18.6. The van der Waals surface area contributed by atoms with Crippen LogP contribution >= 0.6 is 0 Å². The summed E-state index contributed by atoms with van der Waals surface area (Å²) in [7, 11) is 0. The molecule has 10 nitrogen and oxygen atoms in total. The fourth-order valence-corrected chi connectivity index (χ4v) is 5.29. The van der Waals surface area contributed by atoms with Crippen LogP contribution in [0.25, 0.3) is 21.8 Å². The van der Waals surface area contributed by atoms with Gasteiger partial charge in [-0.25, -0.2) is 4.98 Å². The lowest BCUT2D eigenvalue weighted by molar-refractivity contribution is -0.384. The van der Waals surface area contributed by atoms with Crippen molar-refractivity contribution in [3.05, 3.63) is 75.6 Å². The SMILES string of the molecule is CC(=N)N1CCC(Oc2ccc3c(nc(C(C)C)n3Cc3ccc4ccc(C(=N)N)cc4c3)c2[N+](=O)[O-])CC1. The Morgan fingerprint density at radius 3 is 2.49 bits per heavy atom. The Labute approximate surface area is 226 Å². The van der Waals surface area contributed by atoms with Gasteiger partial charge in [-0.05, 0) is 47.5 Å². The molecular weight excluding hydrogens is 494 g/mol. The molecule has 1 fully saturated rings. The number of ether oxygens (including phenoxy) is 1. The van der Waals surface area contributed by atoms with E-state index in [1.807, 2.05) is 59.7 Å². The molecule has 5 rings (SSSR count). The van der Waals surface area contributed by atoms with Crippen molar-refractivity contribution in [2.24, 2.45) is 5.73 Å². The molecule has 0 atom stereocenters. The monoisotopic (exact) mass is 527 g/mol. The van der Waals surface area contributed by atoms with E-state index in [0.29, 0.717) is 54.9 Å². The standard InChI is InChI=1S/C29H33N7O3/c1-17(2)29-33-26-24(35(29)16-19-4-5-20-6-7-21(28(31)32)15-22(20)14-19)8-9-25(27(26)36(37)38)39-23-10-12-34(13-11-23)18(3)30/h4-9,14-15,17,23,30H,10-13,16H2,1-3H3,(H3,31,32).